The second-order valence-electron chi connectivity index (χ2n) is 8.30. The Morgan fingerprint density at radius 1 is 1.03 bits per heavy atom. The van der Waals surface area contributed by atoms with Crippen molar-refractivity contribution >= 4 is 11.6 Å². The van der Waals surface area contributed by atoms with Crippen molar-refractivity contribution in [2.24, 2.45) is 0 Å². The molecule has 6 heteroatoms. The summed E-state index contributed by atoms with van der Waals surface area (Å²) in [4.78, 5) is 15.6. The number of piperazine rings is 1. The Morgan fingerprint density at radius 3 is 2.33 bits per heavy atom. The van der Waals surface area contributed by atoms with E-state index in [1.165, 1.54) is 16.0 Å². The maximum atomic E-state index is 12.7. The molecular weight excluding hydrogens is 378 g/mol. The van der Waals surface area contributed by atoms with Gasteiger partial charge in [-0.3, -0.25) is 4.79 Å². The molecule has 0 unspecified atom stereocenters. The molecule has 0 radical (unpaired) electrons. The van der Waals surface area contributed by atoms with Crippen LogP contribution in [-0.4, -0.2) is 52.3 Å². The van der Waals surface area contributed by atoms with Crippen molar-refractivity contribution in [1.82, 2.24) is 0 Å². The molecular formula is C24H35N3O3+2. The first-order chi connectivity index (χ1) is 14.4. The molecule has 0 saturated carbocycles. The molecule has 1 aliphatic rings. The smallest absolute Gasteiger partial charge is 0.282 e. The number of aryl methyl sites for hydroxylation is 2. The van der Waals surface area contributed by atoms with Gasteiger partial charge in [0.05, 0.1) is 14.2 Å². The van der Waals surface area contributed by atoms with Crippen LogP contribution in [0.15, 0.2) is 36.4 Å². The van der Waals surface area contributed by atoms with Crippen molar-refractivity contribution in [3.05, 3.63) is 53.1 Å². The Balaban J connectivity index is 1.55. The maximum Gasteiger partial charge on any atom is 0.282 e. The van der Waals surface area contributed by atoms with Gasteiger partial charge in [-0.2, -0.15) is 0 Å². The Bertz CT molecular complexity index is 876. The van der Waals surface area contributed by atoms with Gasteiger partial charge in [-0.1, -0.05) is 12.1 Å². The summed E-state index contributed by atoms with van der Waals surface area (Å²) in [7, 11) is 3.34. The van der Waals surface area contributed by atoms with E-state index in [-0.39, 0.29) is 11.9 Å². The summed E-state index contributed by atoms with van der Waals surface area (Å²) in [5.41, 5.74) is 4.53. The molecule has 6 nitrogen and oxygen atoms in total. The van der Waals surface area contributed by atoms with Crippen LogP contribution in [0.4, 0.5) is 5.69 Å². The number of amides is 1. The third-order valence-electron chi connectivity index (χ3n) is 6.17. The molecule has 30 heavy (non-hydrogen) atoms. The van der Waals surface area contributed by atoms with Gasteiger partial charge in [-0.15, -0.1) is 0 Å². The van der Waals surface area contributed by atoms with E-state index in [4.69, 9.17) is 9.47 Å². The van der Waals surface area contributed by atoms with E-state index in [1.807, 2.05) is 44.2 Å². The number of quaternary nitrogens is 2. The first kappa shape index (κ1) is 22.1. The molecule has 0 aromatic heterocycles. The number of rotatable bonds is 7. The van der Waals surface area contributed by atoms with Gasteiger partial charge in [-0.05, 0) is 56.2 Å². The van der Waals surface area contributed by atoms with Gasteiger partial charge in [0.1, 0.15) is 32.7 Å². The average molecular weight is 414 g/mol. The Morgan fingerprint density at radius 2 is 1.70 bits per heavy atom. The zero-order valence-corrected chi connectivity index (χ0v) is 18.8. The summed E-state index contributed by atoms with van der Waals surface area (Å²) in [6.07, 6.45) is 0. The summed E-state index contributed by atoms with van der Waals surface area (Å²) < 4.78 is 10.9. The molecule has 0 aliphatic carbocycles. The third-order valence-corrected chi connectivity index (χ3v) is 6.17. The molecule has 162 valence electrons. The van der Waals surface area contributed by atoms with E-state index in [0.29, 0.717) is 0 Å². The molecule has 0 spiro atoms. The normalized spacial score (nSPS) is 19.8. The van der Waals surface area contributed by atoms with Crippen LogP contribution in [0.2, 0.25) is 0 Å². The number of nitrogens with one attached hydrogen (secondary N) is 3. The van der Waals surface area contributed by atoms with Gasteiger partial charge in [0, 0.05) is 11.3 Å². The van der Waals surface area contributed by atoms with Gasteiger partial charge in [-0.25, -0.2) is 0 Å². The quantitative estimate of drug-likeness (QED) is 0.624. The fourth-order valence-corrected chi connectivity index (χ4v) is 4.18. The molecule has 1 amide bonds. The molecule has 2 aromatic carbocycles. The van der Waals surface area contributed by atoms with Crippen LogP contribution in [0, 0.1) is 13.8 Å². The van der Waals surface area contributed by atoms with Gasteiger partial charge < -0.3 is 24.6 Å². The lowest BCUT2D eigenvalue weighted by Gasteiger charge is -2.33. The van der Waals surface area contributed by atoms with Gasteiger partial charge in [0.2, 0.25) is 0 Å². The van der Waals surface area contributed by atoms with Crippen LogP contribution in [-0.2, 0) is 11.3 Å². The maximum absolute atomic E-state index is 12.7. The zero-order valence-electron chi connectivity index (χ0n) is 18.8. The summed E-state index contributed by atoms with van der Waals surface area (Å²) in [5, 5.41) is 3.07. The van der Waals surface area contributed by atoms with E-state index >= 15 is 0 Å². The summed E-state index contributed by atoms with van der Waals surface area (Å²) in [6, 6.07) is 12.0. The minimum Gasteiger partial charge on any atom is -0.493 e. The SMILES string of the molecule is COc1cc(C)c(C[NH+]2CC[NH+]([C@@H](C)C(=O)Nc3cccc(C)c3)CC2)cc1OC. The summed E-state index contributed by atoms with van der Waals surface area (Å²) in [6.45, 7) is 11.2. The molecule has 0 bridgehead atoms. The highest BCUT2D eigenvalue weighted by Gasteiger charge is 2.31. The second-order valence-corrected chi connectivity index (χ2v) is 8.30. The minimum atomic E-state index is -0.0603. The molecule has 1 heterocycles. The molecule has 1 saturated heterocycles. The van der Waals surface area contributed by atoms with E-state index in [0.717, 1.165) is 55.5 Å². The van der Waals surface area contributed by atoms with E-state index in [9.17, 15) is 4.79 Å². The van der Waals surface area contributed by atoms with Crippen LogP contribution < -0.4 is 24.6 Å². The number of carbonyl (C=O) groups excluding carboxylic acids is 1. The summed E-state index contributed by atoms with van der Waals surface area (Å²) >= 11 is 0. The molecule has 1 aliphatic heterocycles. The zero-order chi connectivity index (χ0) is 21.7. The van der Waals surface area contributed by atoms with Crippen LogP contribution in [0.1, 0.15) is 23.6 Å². The lowest BCUT2D eigenvalue weighted by Crippen LogP contribution is -3.29. The monoisotopic (exact) mass is 413 g/mol. The largest absolute Gasteiger partial charge is 0.493 e. The van der Waals surface area contributed by atoms with Gasteiger partial charge in [0.25, 0.3) is 5.91 Å². The number of hydrogen-bond donors (Lipinski definition) is 3. The highest BCUT2D eigenvalue weighted by atomic mass is 16.5. The average Bonchev–Trinajstić information content (AvgIpc) is 2.74. The van der Waals surface area contributed by atoms with E-state index < -0.39 is 0 Å². The minimum absolute atomic E-state index is 0.0603. The third kappa shape index (κ3) is 5.32. The molecule has 3 N–H and O–H groups in total. The lowest BCUT2D eigenvalue weighted by molar-refractivity contribution is -1.02. The number of hydrogen-bond acceptors (Lipinski definition) is 3. The number of benzene rings is 2. The van der Waals surface area contributed by atoms with Gasteiger partial charge >= 0.3 is 0 Å². The Labute approximate surface area is 179 Å². The fraction of sp³-hybridized carbons (Fsp3) is 0.458. The predicted molar refractivity (Wildman–Crippen MR) is 119 cm³/mol. The van der Waals surface area contributed by atoms with E-state index in [1.54, 1.807) is 19.1 Å². The van der Waals surface area contributed by atoms with Crippen molar-refractivity contribution in [2.45, 2.75) is 33.4 Å². The molecule has 3 rings (SSSR count). The van der Waals surface area contributed by atoms with Crippen molar-refractivity contribution in [3.63, 3.8) is 0 Å². The van der Waals surface area contributed by atoms with E-state index in [2.05, 4.69) is 18.3 Å². The molecule has 1 fully saturated rings. The lowest BCUT2D eigenvalue weighted by atomic mass is 10.1. The van der Waals surface area contributed by atoms with Gasteiger partial charge in [0.15, 0.2) is 17.5 Å². The number of anilines is 1. The number of methoxy groups -OCH3 is 2. The Hall–Kier alpha value is -2.57. The Kier molecular flexibility index (Phi) is 7.34. The molecule has 2 aromatic rings. The van der Waals surface area contributed by atoms with Crippen LogP contribution >= 0.6 is 0 Å². The standard InChI is InChI=1S/C24H33N3O3/c1-17-7-6-8-21(13-17)25-24(28)19(3)27-11-9-26(10-12-27)16-20-15-23(30-5)22(29-4)14-18(20)2/h6-8,13-15,19H,9-12,16H2,1-5H3,(H,25,28)/p+2/t19-/m0/s1. The second kappa shape index (κ2) is 9.96. The number of ether oxygens (including phenoxy) is 2. The first-order valence-electron chi connectivity index (χ1n) is 10.7. The van der Waals surface area contributed by atoms with Crippen molar-refractivity contribution in [1.29, 1.82) is 0 Å². The topological polar surface area (TPSA) is 56.4 Å². The highest BCUT2D eigenvalue weighted by Crippen LogP contribution is 2.29. The summed E-state index contributed by atoms with van der Waals surface area (Å²) in [5.74, 6) is 1.65. The predicted octanol–water partition coefficient (Wildman–Crippen LogP) is 0.631. The first-order valence-corrected chi connectivity index (χ1v) is 10.7. The van der Waals surface area contributed by atoms with Crippen LogP contribution in [0.5, 0.6) is 11.5 Å². The number of carbonyl (C=O) groups is 1. The van der Waals surface area contributed by atoms with Crippen molar-refractivity contribution < 1.29 is 24.1 Å². The van der Waals surface area contributed by atoms with Crippen molar-refractivity contribution in [2.75, 3.05) is 45.7 Å². The fourth-order valence-electron chi connectivity index (χ4n) is 4.18. The van der Waals surface area contributed by atoms with Crippen molar-refractivity contribution in [3.8, 4) is 11.5 Å². The van der Waals surface area contributed by atoms with Crippen LogP contribution in [0.25, 0.3) is 0 Å². The molecule has 1 atom stereocenters. The highest BCUT2D eigenvalue weighted by molar-refractivity contribution is 5.93. The van der Waals surface area contributed by atoms with Crippen LogP contribution in [0.3, 0.4) is 0 Å².